The van der Waals surface area contributed by atoms with Gasteiger partial charge in [-0.05, 0) is 120 Å². The van der Waals surface area contributed by atoms with Gasteiger partial charge in [-0.2, -0.15) is 0 Å². The first-order chi connectivity index (χ1) is 37.2. The molecule has 13 nitrogen and oxygen atoms in total. The monoisotopic (exact) mass is 1060 g/mol. The van der Waals surface area contributed by atoms with Crippen LogP contribution >= 0.6 is 21.6 Å². The third-order valence-corrected chi connectivity index (χ3v) is 14.9. The van der Waals surface area contributed by atoms with Crippen LogP contribution in [-0.4, -0.2) is 82.1 Å². The lowest BCUT2D eigenvalue weighted by Gasteiger charge is -2.22. The van der Waals surface area contributed by atoms with Gasteiger partial charge in [0.2, 0.25) is 5.91 Å². The smallest absolute Gasteiger partial charge is 0.261 e. The summed E-state index contributed by atoms with van der Waals surface area (Å²) in [5.74, 6) is 2.65. The number of nitrogens with zero attached hydrogens (tertiary/aromatic N) is 5. The molecule has 9 rings (SSSR count). The summed E-state index contributed by atoms with van der Waals surface area (Å²) in [5.41, 5.74) is 8.90. The Hall–Kier alpha value is -7.10. The second-order valence-corrected chi connectivity index (χ2v) is 19.6. The fourth-order valence-corrected chi connectivity index (χ4v) is 11.0. The summed E-state index contributed by atoms with van der Waals surface area (Å²) in [5, 5.41) is 3.76. The Morgan fingerprint density at radius 1 is 0.737 bits per heavy atom. The molecule has 400 valence electrons. The normalized spacial score (nSPS) is 15.2. The van der Waals surface area contributed by atoms with Crippen molar-refractivity contribution in [2.24, 2.45) is 15.0 Å². The SMILES string of the molecule is C=C/C=C(\N=C)SSCCNC(=O)CCCCOc1cc(CCc2cc3c(cc2OC)C(=O)N2c4ccccc4CC2C=N3)cc(COc2cc3c(cc2OC)C(=O)N2c4ccccc4C[C@H]2C=N3)c1.CC.CC.CC. The number of unbranched alkanes of at least 4 members (excludes halogenated alkanes) is 1. The van der Waals surface area contributed by atoms with Crippen LogP contribution in [0.25, 0.3) is 0 Å². The molecule has 15 heteroatoms. The van der Waals surface area contributed by atoms with Crippen LogP contribution < -0.4 is 34.1 Å². The Bertz CT molecular complexity index is 2780. The highest BCUT2D eigenvalue weighted by Gasteiger charge is 2.38. The average molecular weight is 1070 g/mol. The molecule has 4 aliphatic rings. The van der Waals surface area contributed by atoms with E-state index in [4.69, 9.17) is 28.9 Å². The highest BCUT2D eigenvalue weighted by atomic mass is 33.1. The highest BCUT2D eigenvalue weighted by Crippen LogP contribution is 2.42. The molecule has 0 aromatic heterocycles. The minimum Gasteiger partial charge on any atom is -0.496 e. The van der Waals surface area contributed by atoms with Crippen molar-refractivity contribution >= 4 is 81.2 Å². The quantitative estimate of drug-likeness (QED) is 0.0329. The van der Waals surface area contributed by atoms with Gasteiger partial charge in [0.15, 0.2) is 11.5 Å². The molecule has 0 bridgehead atoms. The zero-order chi connectivity index (χ0) is 54.6. The van der Waals surface area contributed by atoms with Crippen molar-refractivity contribution in [2.75, 3.05) is 42.9 Å². The molecule has 1 N–H and O–H groups in total. The summed E-state index contributed by atoms with van der Waals surface area (Å²) in [4.78, 5) is 57.9. The van der Waals surface area contributed by atoms with E-state index in [0.29, 0.717) is 97.2 Å². The molecule has 1 unspecified atom stereocenters. The predicted octanol–water partition coefficient (Wildman–Crippen LogP) is 13.5. The topological polar surface area (TPSA) is 144 Å². The van der Waals surface area contributed by atoms with Crippen LogP contribution in [-0.2, 0) is 37.1 Å². The Morgan fingerprint density at radius 2 is 1.33 bits per heavy atom. The molecule has 0 radical (unpaired) electrons. The molecule has 0 saturated carbocycles. The molecule has 0 spiro atoms. The Kier molecular flexibility index (Phi) is 22.4. The third kappa shape index (κ3) is 14.0. The molecular formula is C61H72N6O7S2. The van der Waals surface area contributed by atoms with Crippen molar-refractivity contribution in [1.82, 2.24) is 5.32 Å². The molecule has 3 amide bonds. The number of hydrogen-bond acceptors (Lipinski definition) is 12. The number of allylic oxidation sites excluding steroid dienone is 2. The van der Waals surface area contributed by atoms with Gasteiger partial charge < -0.3 is 24.3 Å². The molecule has 5 aromatic rings. The van der Waals surface area contributed by atoms with Gasteiger partial charge in [-0.25, -0.2) is 0 Å². The standard InChI is InChI=1S/C55H54N6O7S2.3C2H6/c1-5-12-53(56-2)70-69-22-20-57-52(62)17-10-11-21-67-42-24-35(18-19-39-28-45-43(29-49(39)65-3)54(63)60-40(32-58-45)26-37-13-6-8-15-47(37)60)23-36(25-42)34-68-51-31-46-44(30-50(51)66-4)55(64)61-41(33-59-46)27-38-14-7-9-16-48(38)61;3*1-2/h5-9,12-16,23-25,28-33,40-41H,1-2,10-11,17-22,26-27,34H2,3-4H3,(H,57,62);3*1-2H3/b53-12+;;;/t40?,41-;;;/m0.../s1. The number of methoxy groups -OCH3 is 2. The van der Waals surface area contributed by atoms with Gasteiger partial charge in [-0.15, -0.1) is 0 Å². The van der Waals surface area contributed by atoms with Crippen molar-refractivity contribution < 1.29 is 33.3 Å². The Balaban J connectivity index is 0.00000151. The van der Waals surface area contributed by atoms with Gasteiger partial charge in [-0.3, -0.25) is 39.2 Å². The molecule has 2 atom stereocenters. The highest BCUT2D eigenvalue weighted by molar-refractivity contribution is 8.78. The van der Waals surface area contributed by atoms with Crippen LogP contribution in [0.1, 0.15) is 109 Å². The van der Waals surface area contributed by atoms with E-state index in [1.54, 1.807) is 49.3 Å². The van der Waals surface area contributed by atoms with Crippen molar-refractivity contribution in [2.45, 2.75) is 105 Å². The molecule has 5 aromatic carbocycles. The summed E-state index contributed by atoms with van der Waals surface area (Å²) >= 11 is 0. The van der Waals surface area contributed by atoms with Crippen LogP contribution in [0.2, 0.25) is 0 Å². The van der Waals surface area contributed by atoms with Gasteiger partial charge in [-0.1, -0.05) is 107 Å². The van der Waals surface area contributed by atoms with Crippen LogP contribution in [0, 0.1) is 0 Å². The van der Waals surface area contributed by atoms with Crippen LogP contribution in [0.5, 0.6) is 23.0 Å². The number of anilines is 2. The minimum absolute atomic E-state index is 0.00120. The molecular weight excluding hydrogens is 993 g/mol. The molecule has 4 aliphatic heterocycles. The second-order valence-electron chi connectivity index (χ2n) is 17.1. The zero-order valence-electron chi connectivity index (χ0n) is 45.2. The van der Waals surface area contributed by atoms with Crippen molar-refractivity contribution in [1.29, 1.82) is 0 Å². The summed E-state index contributed by atoms with van der Waals surface area (Å²) in [7, 11) is 6.27. The number of rotatable bonds is 21. The van der Waals surface area contributed by atoms with Gasteiger partial charge in [0.05, 0.1) is 55.4 Å². The fraction of sp³-hybridized carbons (Fsp3) is 0.344. The summed E-state index contributed by atoms with van der Waals surface area (Å²) < 4.78 is 24.6. The van der Waals surface area contributed by atoms with Gasteiger partial charge in [0.1, 0.15) is 23.1 Å². The minimum atomic E-state index is -0.184. The van der Waals surface area contributed by atoms with Crippen molar-refractivity contribution in [3.63, 3.8) is 0 Å². The lowest BCUT2D eigenvalue weighted by molar-refractivity contribution is -0.121. The van der Waals surface area contributed by atoms with E-state index >= 15 is 0 Å². The Labute approximate surface area is 457 Å². The van der Waals surface area contributed by atoms with E-state index in [1.807, 2.05) is 131 Å². The van der Waals surface area contributed by atoms with E-state index < -0.39 is 0 Å². The summed E-state index contributed by atoms with van der Waals surface area (Å²) in [6.07, 6.45) is 11.5. The number of aryl methyl sites for hydroxylation is 2. The zero-order valence-corrected chi connectivity index (χ0v) is 46.9. The first kappa shape index (κ1) is 58.2. The third-order valence-electron chi connectivity index (χ3n) is 12.6. The Morgan fingerprint density at radius 3 is 1.93 bits per heavy atom. The second kappa shape index (κ2) is 29.3. The van der Waals surface area contributed by atoms with E-state index in [1.165, 1.54) is 10.8 Å². The lowest BCUT2D eigenvalue weighted by Crippen LogP contribution is -2.37. The first-order valence-corrected chi connectivity index (χ1v) is 28.6. The number of benzene rings is 5. The number of ether oxygens (including phenoxy) is 4. The number of fused-ring (bicyclic) bond motifs is 8. The lowest BCUT2D eigenvalue weighted by atomic mass is 9.99. The number of carbonyl (C=O) groups is 3. The largest absolute Gasteiger partial charge is 0.496 e. The van der Waals surface area contributed by atoms with Crippen molar-refractivity contribution in [3.05, 3.63) is 154 Å². The van der Waals surface area contributed by atoms with Gasteiger partial charge in [0, 0.05) is 61.4 Å². The van der Waals surface area contributed by atoms with Gasteiger partial charge >= 0.3 is 0 Å². The maximum Gasteiger partial charge on any atom is 0.261 e. The fourth-order valence-electron chi connectivity index (χ4n) is 9.24. The van der Waals surface area contributed by atoms with E-state index in [9.17, 15) is 14.4 Å². The average Bonchev–Trinajstić information content (AvgIpc) is 3.97. The molecule has 0 aliphatic carbocycles. The number of para-hydroxylation sites is 2. The van der Waals surface area contributed by atoms with Gasteiger partial charge in [0.25, 0.3) is 11.8 Å². The summed E-state index contributed by atoms with van der Waals surface area (Å²) in [6.45, 7) is 20.4. The van der Waals surface area contributed by atoms with Crippen LogP contribution in [0.3, 0.4) is 0 Å². The van der Waals surface area contributed by atoms with Crippen LogP contribution in [0.4, 0.5) is 22.7 Å². The molecule has 4 heterocycles. The maximum absolute atomic E-state index is 14.1. The predicted molar refractivity (Wildman–Crippen MR) is 316 cm³/mol. The number of amides is 3. The van der Waals surface area contributed by atoms with E-state index in [0.717, 1.165) is 56.4 Å². The van der Waals surface area contributed by atoms with Crippen LogP contribution in [0.15, 0.2) is 130 Å². The number of aliphatic imine (C=N–C) groups is 3. The number of hydrogen-bond donors (Lipinski definition) is 1. The van der Waals surface area contributed by atoms with E-state index in [-0.39, 0.29) is 36.4 Å². The van der Waals surface area contributed by atoms with Crippen molar-refractivity contribution in [3.8, 4) is 23.0 Å². The molecule has 76 heavy (non-hydrogen) atoms. The number of nitrogens with one attached hydrogen (secondary N) is 1. The van der Waals surface area contributed by atoms with E-state index in [2.05, 4.69) is 35.7 Å². The first-order valence-electron chi connectivity index (χ1n) is 26.3. The molecule has 0 fully saturated rings. The summed E-state index contributed by atoms with van der Waals surface area (Å²) in [6, 6.07) is 29.0. The maximum atomic E-state index is 14.1. The number of carbonyl (C=O) groups excluding carboxylic acids is 3. The molecule has 0 saturated heterocycles.